The normalized spacial score (nSPS) is 26.1. The van der Waals surface area contributed by atoms with Crippen molar-refractivity contribution in [3.8, 4) is 0 Å². The summed E-state index contributed by atoms with van der Waals surface area (Å²) in [5.41, 5.74) is 3.84. The SMILES string of the molecule is C1=C[C@H]2CC[C@@H]1c1c(oc3ccccc13)[C@@H]2c1ccccc1. The van der Waals surface area contributed by atoms with Gasteiger partial charge in [-0.1, -0.05) is 60.7 Å². The van der Waals surface area contributed by atoms with Gasteiger partial charge in [-0.25, -0.2) is 0 Å². The van der Waals surface area contributed by atoms with E-state index in [1.54, 1.807) is 0 Å². The van der Waals surface area contributed by atoms with Crippen LogP contribution >= 0.6 is 0 Å². The van der Waals surface area contributed by atoms with Crippen molar-refractivity contribution in [2.24, 2.45) is 5.92 Å². The smallest absolute Gasteiger partial charge is 0.134 e. The van der Waals surface area contributed by atoms with Crippen LogP contribution in [0.1, 0.15) is 41.6 Å². The molecular formula is C21H18O. The minimum atomic E-state index is 0.354. The summed E-state index contributed by atoms with van der Waals surface area (Å²) in [5.74, 6) is 2.63. The molecule has 0 saturated heterocycles. The summed E-state index contributed by atoms with van der Waals surface area (Å²) >= 11 is 0. The lowest BCUT2D eigenvalue weighted by Crippen LogP contribution is -2.11. The van der Waals surface area contributed by atoms with E-state index >= 15 is 0 Å². The maximum absolute atomic E-state index is 6.38. The Bertz CT molecular complexity index is 856. The average Bonchev–Trinajstić information content (AvgIpc) is 2.81. The number of fused-ring (bicyclic) bond motifs is 2. The lowest BCUT2D eigenvalue weighted by molar-refractivity contribution is 0.439. The van der Waals surface area contributed by atoms with Crippen LogP contribution in [0, 0.1) is 5.92 Å². The van der Waals surface area contributed by atoms with E-state index in [0.29, 0.717) is 17.8 Å². The largest absolute Gasteiger partial charge is 0.460 e. The van der Waals surface area contributed by atoms with Gasteiger partial charge in [0.25, 0.3) is 0 Å². The molecule has 3 aliphatic carbocycles. The summed E-state index contributed by atoms with van der Waals surface area (Å²) in [6.07, 6.45) is 7.33. The zero-order chi connectivity index (χ0) is 14.5. The molecule has 2 bridgehead atoms. The van der Waals surface area contributed by atoms with Gasteiger partial charge >= 0.3 is 0 Å². The van der Waals surface area contributed by atoms with Crippen LogP contribution in [0.15, 0.2) is 71.2 Å². The standard InChI is InChI=1S/C21H18O/c1-2-6-14(7-3-1)19-15-10-12-16(13-11-15)20-17-8-4-5-9-18(17)22-21(19)20/h1-10,12,15-16,19H,11,13H2/t15-,16+,19+/m0/s1. The molecule has 0 saturated carbocycles. The molecule has 3 aromatic rings. The second-order valence-electron chi connectivity index (χ2n) is 6.50. The molecule has 0 amide bonds. The van der Waals surface area contributed by atoms with Crippen molar-refractivity contribution in [1.82, 2.24) is 0 Å². The zero-order valence-corrected chi connectivity index (χ0v) is 12.4. The number of rotatable bonds is 1. The molecule has 0 unspecified atom stereocenters. The number of benzene rings is 2. The fraction of sp³-hybridized carbons (Fsp3) is 0.238. The monoisotopic (exact) mass is 286 g/mol. The first-order valence-electron chi connectivity index (χ1n) is 8.16. The first-order chi connectivity index (χ1) is 10.9. The van der Waals surface area contributed by atoms with E-state index in [1.807, 2.05) is 0 Å². The van der Waals surface area contributed by atoms with E-state index < -0.39 is 0 Å². The molecule has 0 fully saturated rings. The number of para-hydroxylation sites is 1. The molecule has 3 aliphatic rings. The highest BCUT2D eigenvalue weighted by molar-refractivity contribution is 5.84. The predicted octanol–water partition coefficient (Wildman–Crippen LogP) is 5.63. The van der Waals surface area contributed by atoms with E-state index in [0.717, 1.165) is 5.58 Å². The van der Waals surface area contributed by atoms with Crippen molar-refractivity contribution in [3.63, 3.8) is 0 Å². The fourth-order valence-electron chi connectivity index (χ4n) is 4.31. The Morgan fingerprint density at radius 2 is 1.64 bits per heavy atom. The molecule has 0 radical (unpaired) electrons. The molecule has 1 heterocycles. The Morgan fingerprint density at radius 3 is 2.45 bits per heavy atom. The first-order valence-corrected chi connectivity index (χ1v) is 8.16. The van der Waals surface area contributed by atoms with Crippen LogP contribution in [-0.4, -0.2) is 0 Å². The third-order valence-electron chi connectivity index (χ3n) is 5.30. The quantitative estimate of drug-likeness (QED) is 0.528. The lowest BCUT2D eigenvalue weighted by atomic mass is 9.81. The maximum Gasteiger partial charge on any atom is 0.134 e. The number of allylic oxidation sites excluding steroid dienone is 2. The molecule has 1 heteroatoms. The van der Waals surface area contributed by atoms with Gasteiger partial charge in [-0.2, -0.15) is 0 Å². The van der Waals surface area contributed by atoms with Gasteiger partial charge in [0.15, 0.2) is 0 Å². The van der Waals surface area contributed by atoms with E-state index in [9.17, 15) is 0 Å². The molecule has 2 aromatic carbocycles. The van der Waals surface area contributed by atoms with E-state index in [4.69, 9.17) is 4.42 Å². The molecular weight excluding hydrogens is 268 g/mol. The lowest BCUT2D eigenvalue weighted by Gasteiger charge is -2.23. The molecule has 0 N–H and O–H groups in total. The topological polar surface area (TPSA) is 13.1 Å². The van der Waals surface area contributed by atoms with E-state index in [1.165, 1.54) is 35.1 Å². The van der Waals surface area contributed by atoms with Crippen LogP contribution in [0.5, 0.6) is 0 Å². The number of furan rings is 1. The highest BCUT2D eigenvalue weighted by atomic mass is 16.3. The number of hydrogen-bond donors (Lipinski definition) is 0. The summed E-state index contributed by atoms with van der Waals surface area (Å²) in [4.78, 5) is 0. The Kier molecular flexibility index (Phi) is 2.57. The third kappa shape index (κ3) is 1.65. The van der Waals surface area contributed by atoms with E-state index in [2.05, 4.69) is 66.7 Å². The van der Waals surface area contributed by atoms with Gasteiger partial charge in [0.2, 0.25) is 0 Å². The van der Waals surface area contributed by atoms with Crippen LogP contribution in [0.2, 0.25) is 0 Å². The van der Waals surface area contributed by atoms with Crippen molar-refractivity contribution in [2.45, 2.75) is 24.7 Å². The van der Waals surface area contributed by atoms with Crippen molar-refractivity contribution in [1.29, 1.82) is 0 Å². The molecule has 108 valence electrons. The Morgan fingerprint density at radius 1 is 0.818 bits per heavy atom. The molecule has 1 aromatic heterocycles. The van der Waals surface area contributed by atoms with Gasteiger partial charge in [-0.15, -0.1) is 0 Å². The molecule has 6 rings (SSSR count). The first kappa shape index (κ1) is 12.3. The Hall–Kier alpha value is -2.28. The van der Waals surface area contributed by atoms with E-state index in [-0.39, 0.29) is 0 Å². The van der Waals surface area contributed by atoms with Crippen LogP contribution in [-0.2, 0) is 0 Å². The fourth-order valence-corrected chi connectivity index (χ4v) is 4.31. The summed E-state index contributed by atoms with van der Waals surface area (Å²) in [5, 5.41) is 1.30. The number of hydrogen-bond acceptors (Lipinski definition) is 1. The van der Waals surface area contributed by atoms with Gasteiger partial charge in [0.05, 0.1) is 0 Å². The zero-order valence-electron chi connectivity index (χ0n) is 12.4. The Labute approximate surface area is 130 Å². The molecule has 0 aliphatic heterocycles. The predicted molar refractivity (Wildman–Crippen MR) is 89.1 cm³/mol. The van der Waals surface area contributed by atoms with Crippen LogP contribution < -0.4 is 0 Å². The minimum absolute atomic E-state index is 0.354. The van der Waals surface area contributed by atoms with Crippen LogP contribution in [0.25, 0.3) is 11.0 Å². The summed E-state index contributed by atoms with van der Waals surface area (Å²) in [6, 6.07) is 19.4. The van der Waals surface area contributed by atoms with Gasteiger partial charge in [-0.05, 0) is 30.4 Å². The summed E-state index contributed by atoms with van der Waals surface area (Å²) < 4.78 is 6.38. The second-order valence-corrected chi connectivity index (χ2v) is 6.50. The van der Waals surface area contributed by atoms with Crippen LogP contribution in [0.4, 0.5) is 0 Å². The van der Waals surface area contributed by atoms with Gasteiger partial charge in [-0.3, -0.25) is 0 Å². The second kappa shape index (κ2) is 4.61. The van der Waals surface area contributed by atoms with Crippen molar-refractivity contribution >= 4 is 11.0 Å². The summed E-state index contributed by atoms with van der Waals surface area (Å²) in [6.45, 7) is 0. The molecule has 22 heavy (non-hydrogen) atoms. The molecule has 0 spiro atoms. The van der Waals surface area contributed by atoms with Crippen LogP contribution in [0.3, 0.4) is 0 Å². The Balaban J connectivity index is 1.82. The highest BCUT2D eigenvalue weighted by Gasteiger charge is 2.37. The van der Waals surface area contributed by atoms with Gasteiger partial charge in [0.1, 0.15) is 11.3 Å². The maximum atomic E-state index is 6.38. The molecule has 1 nitrogen and oxygen atoms in total. The average molecular weight is 286 g/mol. The van der Waals surface area contributed by atoms with Crippen molar-refractivity contribution < 1.29 is 4.42 Å². The minimum Gasteiger partial charge on any atom is -0.460 e. The van der Waals surface area contributed by atoms with Gasteiger partial charge in [0, 0.05) is 22.8 Å². The highest BCUT2D eigenvalue weighted by Crippen LogP contribution is 2.51. The summed E-state index contributed by atoms with van der Waals surface area (Å²) in [7, 11) is 0. The van der Waals surface area contributed by atoms with Crippen molar-refractivity contribution in [3.05, 3.63) is 83.6 Å². The van der Waals surface area contributed by atoms with Gasteiger partial charge < -0.3 is 4.42 Å². The molecule has 3 atom stereocenters. The van der Waals surface area contributed by atoms with Crippen molar-refractivity contribution in [2.75, 3.05) is 0 Å². The third-order valence-corrected chi connectivity index (χ3v) is 5.30.